The lowest BCUT2D eigenvalue weighted by Gasteiger charge is -2.39. The van der Waals surface area contributed by atoms with E-state index in [-0.39, 0.29) is 30.9 Å². The Morgan fingerprint density at radius 3 is 2.59 bits per heavy atom. The number of carboxylic acids is 1. The molecule has 0 aliphatic carbocycles. The standard InChI is InChI=1S/C23H32N4O10/c1-11-4-5-13(8-15(11)29)21(33)35-7-3-6-26-23(34)37-19(16(30)10-28)18-12(2)14(27-22(24)25)9-17(36-18)20(31)32/h4-5,8-9,12,14,16,18-19,28-30H,3,6-7,10H2,1-2H3,(H,26,34)(H,31,32)(H4,24,25,27)/t12-,14+,16-,18-,19-/m1/s1. The fraction of sp³-hybridized carbons (Fsp3) is 0.478. The van der Waals surface area contributed by atoms with Crippen molar-refractivity contribution in [3.8, 4) is 5.75 Å². The van der Waals surface area contributed by atoms with Gasteiger partial charge in [-0.25, -0.2) is 14.4 Å². The maximum absolute atomic E-state index is 12.4. The van der Waals surface area contributed by atoms with Crippen molar-refractivity contribution in [1.82, 2.24) is 10.6 Å². The smallest absolute Gasteiger partial charge is 0.407 e. The average Bonchev–Trinajstić information content (AvgIpc) is 2.84. The van der Waals surface area contributed by atoms with E-state index in [0.717, 1.165) is 0 Å². The number of guanidine groups is 1. The number of phenols is 1. The van der Waals surface area contributed by atoms with Crippen LogP contribution >= 0.6 is 0 Å². The van der Waals surface area contributed by atoms with Crippen molar-refractivity contribution in [2.45, 2.75) is 44.6 Å². The fourth-order valence-electron chi connectivity index (χ4n) is 3.53. The number of hydrogen-bond acceptors (Lipinski definition) is 10. The zero-order chi connectivity index (χ0) is 27.7. The number of carbonyl (C=O) groups excluding carboxylic acids is 2. The number of hydrogen-bond donors (Lipinski definition) is 8. The minimum Gasteiger partial charge on any atom is -0.508 e. The van der Waals surface area contributed by atoms with Gasteiger partial charge in [0.2, 0.25) is 5.76 Å². The minimum atomic E-state index is -1.61. The molecular formula is C23H32N4O10. The first-order chi connectivity index (χ1) is 17.4. The van der Waals surface area contributed by atoms with E-state index in [9.17, 15) is 34.8 Å². The van der Waals surface area contributed by atoms with E-state index in [4.69, 9.17) is 25.4 Å². The maximum Gasteiger partial charge on any atom is 0.407 e. The molecule has 0 spiro atoms. The third-order valence-electron chi connectivity index (χ3n) is 5.61. The number of amides is 1. The molecule has 9 N–H and O–H groups in total. The Kier molecular flexibility index (Phi) is 10.5. The van der Waals surface area contributed by atoms with E-state index in [2.05, 4.69) is 10.6 Å². The molecule has 0 saturated heterocycles. The predicted octanol–water partition coefficient (Wildman–Crippen LogP) is -0.449. The molecule has 1 heterocycles. The van der Waals surface area contributed by atoms with Gasteiger partial charge in [0.25, 0.3) is 0 Å². The van der Waals surface area contributed by atoms with Crippen molar-refractivity contribution in [3.63, 3.8) is 0 Å². The summed E-state index contributed by atoms with van der Waals surface area (Å²) in [4.78, 5) is 35.9. The van der Waals surface area contributed by atoms with Crippen LogP contribution in [-0.4, -0.2) is 88.5 Å². The molecule has 1 amide bonds. The minimum absolute atomic E-state index is 0.0169. The van der Waals surface area contributed by atoms with Crippen molar-refractivity contribution in [1.29, 1.82) is 5.41 Å². The lowest BCUT2D eigenvalue weighted by Crippen LogP contribution is -2.56. The molecule has 2 rings (SSSR count). The summed E-state index contributed by atoms with van der Waals surface area (Å²) >= 11 is 0. The summed E-state index contributed by atoms with van der Waals surface area (Å²) in [6, 6.07) is 3.57. The van der Waals surface area contributed by atoms with Crippen LogP contribution < -0.4 is 16.4 Å². The Bertz CT molecular complexity index is 1030. The molecule has 0 unspecified atom stereocenters. The number of rotatable bonds is 11. The number of aryl methyl sites for hydroxylation is 1. The number of alkyl carbamates (subject to hydrolysis) is 1. The van der Waals surface area contributed by atoms with Crippen molar-refractivity contribution >= 4 is 24.0 Å². The summed E-state index contributed by atoms with van der Waals surface area (Å²) in [5.41, 5.74) is 6.15. The van der Waals surface area contributed by atoms with E-state index in [1.54, 1.807) is 19.9 Å². The number of aliphatic hydroxyl groups excluding tert-OH is 2. The summed E-state index contributed by atoms with van der Waals surface area (Å²) in [5.74, 6) is -3.70. The molecular weight excluding hydrogens is 492 g/mol. The van der Waals surface area contributed by atoms with E-state index < -0.39 is 66.6 Å². The van der Waals surface area contributed by atoms with Crippen molar-refractivity contribution in [2.24, 2.45) is 11.7 Å². The summed E-state index contributed by atoms with van der Waals surface area (Å²) in [7, 11) is 0. The summed E-state index contributed by atoms with van der Waals surface area (Å²) in [6.07, 6.45) is -3.90. The number of aliphatic carboxylic acids is 1. The first-order valence-corrected chi connectivity index (χ1v) is 11.4. The zero-order valence-electron chi connectivity index (χ0n) is 20.3. The number of esters is 1. The van der Waals surface area contributed by atoms with Crippen LogP contribution in [0.3, 0.4) is 0 Å². The highest BCUT2D eigenvalue weighted by Gasteiger charge is 2.43. The molecule has 5 atom stereocenters. The normalized spacial score (nSPS) is 20.4. The maximum atomic E-state index is 12.4. The molecule has 1 aromatic carbocycles. The first-order valence-electron chi connectivity index (χ1n) is 11.4. The SMILES string of the molecule is Cc1ccc(C(=O)OCCCNC(=O)O[C@@H]([C@@H]2OC(C(=O)O)=C[C@H](NC(=N)N)[C@H]2C)[C@H](O)CO)cc1O. The molecule has 14 heteroatoms. The number of nitrogens with two attached hydrogens (primary N) is 1. The van der Waals surface area contributed by atoms with Gasteiger partial charge in [0.05, 0.1) is 24.8 Å². The van der Waals surface area contributed by atoms with Crippen molar-refractivity contribution in [2.75, 3.05) is 19.8 Å². The van der Waals surface area contributed by atoms with Gasteiger partial charge in [-0.05, 0) is 37.1 Å². The lowest BCUT2D eigenvalue weighted by atomic mass is 9.87. The van der Waals surface area contributed by atoms with Crippen LogP contribution in [-0.2, 0) is 19.0 Å². The van der Waals surface area contributed by atoms with Crippen molar-refractivity contribution in [3.05, 3.63) is 41.2 Å². The molecule has 204 valence electrons. The highest BCUT2D eigenvalue weighted by Crippen LogP contribution is 2.29. The second-order valence-corrected chi connectivity index (χ2v) is 8.40. The number of benzene rings is 1. The molecule has 0 fully saturated rings. The first kappa shape index (κ1) is 29.2. The third kappa shape index (κ3) is 8.25. The summed E-state index contributed by atoms with van der Waals surface area (Å²) in [5, 5.41) is 51.2. The van der Waals surface area contributed by atoms with Crippen LogP contribution in [0.15, 0.2) is 30.0 Å². The van der Waals surface area contributed by atoms with Gasteiger partial charge in [-0.1, -0.05) is 13.0 Å². The average molecular weight is 525 g/mol. The van der Waals surface area contributed by atoms with E-state index in [1.807, 2.05) is 0 Å². The second-order valence-electron chi connectivity index (χ2n) is 8.40. The van der Waals surface area contributed by atoms with Gasteiger partial charge in [0.15, 0.2) is 12.1 Å². The lowest BCUT2D eigenvalue weighted by molar-refractivity contribution is -0.147. The molecule has 14 nitrogen and oxygen atoms in total. The topological polar surface area (TPSA) is 234 Å². The van der Waals surface area contributed by atoms with Gasteiger partial charge in [-0.3, -0.25) is 5.41 Å². The Morgan fingerprint density at radius 2 is 2.00 bits per heavy atom. The van der Waals surface area contributed by atoms with Crippen molar-refractivity contribution < 1.29 is 49.0 Å². The number of carbonyl (C=O) groups is 3. The van der Waals surface area contributed by atoms with Gasteiger partial charge >= 0.3 is 18.0 Å². The second kappa shape index (κ2) is 13.3. The molecule has 1 aliphatic rings. The predicted molar refractivity (Wildman–Crippen MR) is 128 cm³/mol. The Morgan fingerprint density at radius 1 is 1.30 bits per heavy atom. The van der Waals surface area contributed by atoms with E-state index in [1.165, 1.54) is 18.2 Å². The summed E-state index contributed by atoms with van der Waals surface area (Å²) < 4.78 is 15.8. The highest BCUT2D eigenvalue weighted by molar-refractivity contribution is 5.90. The van der Waals surface area contributed by atoms with Crippen LogP contribution in [0.1, 0.15) is 29.3 Å². The molecule has 0 radical (unpaired) electrons. The largest absolute Gasteiger partial charge is 0.508 e. The Balaban J connectivity index is 1.94. The number of ether oxygens (including phenoxy) is 3. The van der Waals surface area contributed by atoms with Gasteiger partial charge in [0.1, 0.15) is 18.0 Å². The molecule has 0 bridgehead atoms. The molecule has 1 aliphatic heterocycles. The van der Waals surface area contributed by atoms with Crippen LogP contribution in [0.2, 0.25) is 0 Å². The van der Waals surface area contributed by atoms with E-state index in [0.29, 0.717) is 5.56 Å². The highest BCUT2D eigenvalue weighted by atomic mass is 16.6. The number of carboxylic acid groups (broad SMARTS) is 1. The van der Waals surface area contributed by atoms with Gasteiger partial charge in [0, 0.05) is 12.5 Å². The van der Waals surface area contributed by atoms with Gasteiger partial charge < -0.3 is 51.0 Å². The summed E-state index contributed by atoms with van der Waals surface area (Å²) in [6.45, 7) is 2.43. The number of aromatic hydroxyl groups is 1. The van der Waals surface area contributed by atoms with E-state index >= 15 is 0 Å². The molecule has 37 heavy (non-hydrogen) atoms. The monoisotopic (exact) mass is 524 g/mol. The zero-order valence-corrected chi connectivity index (χ0v) is 20.3. The van der Waals surface area contributed by atoms with Gasteiger partial charge in [-0.15, -0.1) is 0 Å². The Labute approximate surface area is 212 Å². The molecule has 0 saturated carbocycles. The van der Waals surface area contributed by atoms with Gasteiger partial charge in [-0.2, -0.15) is 0 Å². The van der Waals surface area contributed by atoms with Crippen LogP contribution in [0.4, 0.5) is 4.79 Å². The number of phenolic OH excluding ortho intramolecular Hbond substituents is 1. The number of nitrogens with one attached hydrogen (secondary N) is 3. The van der Waals surface area contributed by atoms with Crippen LogP contribution in [0.5, 0.6) is 5.75 Å². The molecule has 1 aromatic rings. The fourth-order valence-corrected chi connectivity index (χ4v) is 3.53. The quantitative estimate of drug-likeness (QED) is 0.0795. The number of aliphatic hydroxyl groups is 2. The third-order valence-corrected chi connectivity index (χ3v) is 5.61. The van der Waals surface area contributed by atoms with Crippen LogP contribution in [0, 0.1) is 18.3 Å². The van der Waals surface area contributed by atoms with Crippen LogP contribution in [0.25, 0.3) is 0 Å². The molecule has 0 aromatic heterocycles. The Hall–Kier alpha value is -4.04.